The molecule has 112 valence electrons. The van der Waals surface area contributed by atoms with Gasteiger partial charge in [-0.3, -0.25) is 10.1 Å². The van der Waals surface area contributed by atoms with Crippen molar-refractivity contribution in [2.75, 3.05) is 6.54 Å². The molecule has 3 rings (SSSR count). The summed E-state index contributed by atoms with van der Waals surface area (Å²) in [7, 11) is 0. The number of hydrogen-bond acceptors (Lipinski definition) is 7. The summed E-state index contributed by atoms with van der Waals surface area (Å²) < 4.78 is 0.862. The zero-order valence-corrected chi connectivity index (χ0v) is 13.1. The zero-order chi connectivity index (χ0) is 15.5. The van der Waals surface area contributed by atoms with E-state index in [2.05, 4.69) is 9.97 Å². The first-order chi connectivity index (χ1) is 10.7. The van der Waals surface area contributed by atoms with Crippen molar-refractivity contribution in [2.24, 2.45) is 5.73 Å². The average Bonchev–Trinajstić information content (AvgIpc) is 2.91. The average molecular weight is 332 g/mol. The molecule has 6 nitrogen and oxygen atoms in total. The Labute approximate surface area is 134 Å². The van der Waals surface area contributed by atoms with Gasteiger partial charge in [-0.1, -0.05) is 23.1 Å². The predicted octanol–water partition coefficient (Wildman–Crippen LogP) is 3.25. The Morgan fingerprint density at radius 1 is 1.36 bits per heavy atom. The summed E-state index contributed by atoms with van der Waals surface area (Å²) in [4.78, 5) is 21.1. The molecule has 0 atom stereocenters. The van der Waals surface area contributed by atoms with Gasteiger partial charge in [0.2, 0.25) is 0 Å². The lowest BCUT2D eigenvalue weighted by Crippen LogP contribution is -2.04. The Morgan fingerprint density at radius 2 is 2.23 bits per heavy atom. The van der Waals surface area contributed by atoms with Gasteiger partial charge in [-0.15, -0.1) is 0 Å². The summed E-state index contributed by atoms with van der Waals surface area (Å²) in [5.41, 5.74) is 7.42. The molecule has 0 fully saturated rings. The minimum absolute atomic E-state index is 0.0822. The number of benzene rings is 1. The second-order valence-corrected chi connectivity index (χ2v) is 6.76. The van der Waals surface area contributed by atoms with Crippen molar-refractivity contribution >= 4 is 39.1 Å². The molecule has 0 saturated heterocycles. The van der Waals surface area contributed by atoms with Crippen molar-refractivity contribution in [3.05, 3.63) is 52.2 Å². The van der Waals surface area contributed by atoms with E-state index in [0.29, 0.717) is 13.0 Å². The van der Waals surface area contributed by atoms with Gasteiger partial charge in [0, 0.05) is 23.2 Å². The summed E-state index contributed by atoms with van der Waals surface area (Å²) in [5, 5.41) is 10.9. The number of nitro benzene ring substituents is 1. The van der Waals surface area contributed by atoms with Crippen molar-refractivity contribution in [2.45, 2.75) is 15.7 Å². The molecule has 0 bridgehead atoms. The van der Waals surface area contributed by atoms with Crippen molar-refractivity contribution in [3.8, 4) is 0 Å². The highest BCUT2D eigenvalue weighted by Crippen LogP contribution is 2.36. The largest absolute Gasteiger partial charge is 0.330 e. The van der Waals surface area contributed by atoms with Crippen LogP contribution < -0.4 is 5.73 Å². The zero-order valence-electron chi connectivity index (χ0n) is 11.4. The lowest BCUT2D eigenvalue weighted by Gasteiger charge is -2.06. The van der Waals surface area contributed by atoms with Crippen molar-refractivity contribution in [3.63, 3.8) is 0 Å². The molecular weight excluding hydrogens is 320 g/mol. The Kier molecular flexibility index (Phi) is 4.32. The van der Waals surface area contributed by atoms with E-state index in [0.717, 1.165) is 25.1 Å². The van der Waals surface area contributed by atoms with Crippen LogP contribution in [-0.2, 0) is 6.42 Å². The number of nitro groups is 1. The Hall–Kier alpha value is -2.03. The number of pyridine rings is 1. The van der Waals surface area contributed by atoms with Crippen LogP contribution in [-0.4, -0.2) is 21.4 Å². The highest BCUT2D eigenvalue weighted by atomic mass is 32.2. The molecule has 0 spiro atoms. The summed E-state index contributed by atoms with van der Waals surface area (Å²) in [5.74, 6) is 0. The molecule has 0 amide bonds. The van der Waals surface area contributed by atoms with Crippen LogP contribution >= 0.6 is 23.1 Å². The van der Waals surface area contributed by atoms with Gasteiger partial charge in [-0.05, 0) is 36.7 Å². The lowest BCUT2D eigenvalue weighted by molar-refractivity contribution is -0.385. The third-order valence-corrected chi connectivity index (χ3v) is 5.17. The van der Waals surface area contributed by atoms with E-state index < -0.39 is 4.92 Å². The predicted molar refractivity (Wildman–Crippen MR) is 87.4 cm³/mol. The molecule has 2 aromatic heterocycles. The quantitative estimate of drug-likeness (QED) is 0.569. The van der Waals surface area contributed by atoms with E-state index in [1.54, 1.807) is 18.3 Å². The van der Waals surface area contributed by atoms with Gasteiger partial charge in [0.05, 0.1) is 4.92 Å². The third kappa shape index (κ3) is 3.08. The molecule has 0 aliphatic rings. The van der Waals surface area contributed by atoms with Crippen LogP contribution in [0.3, 0.4) is 0 Å². The number of rotatable bonds is 5. The number of thiazole rings is 1. The van der Waals surface area contributed by atoms with Crippen LogP contribution in [0.5, 0.6) is 0 Å². The van der Waals surface area contributed by atoms with E-state index in [1.165, 1.54) is 29.2 Å². The second kappa shape index (κ2) is 6.39. The first-order valence-corrected chi connectivity index (χ1v) is 8.17. The van der Waals surface area contributed by atoms with Crippen molar-refractivity contribution in [1.29, 1.82) is 0 Å². The summed E-state index contributed by atoms with van der Waals surface area (Å²) >= 11 is 2.99. The first kappa shape index (κ1) is 14.9. The molecule has 2 heterocycles. The maximum absolute atomic E-state index is 10.9. The molecule has 22 heavy (non-hydrogen) atoms. The molecule has 0 aliphatic carbocycles. The van der Waals surface area contributed by atoms with Gasteiger partial charge in [0.25, 0.3) is 5.69 Å². The molecule has 0 unspecified atom stereocenters. The number of non-ortho nitro benzene ring substituents is 1. The molecule has 2 N–H and O–H groups in total. The Bertz CT molecular complexity index is 802. The summed E-state index contributed by atoms with van der Waals surface area (Å²) in [6.45, 7) is 0.441. The van der Waals surface area contributed by atoms with Crippen LogP contribution in [0.4, 0.5) is 5.69 Å². The maximum Gasteiger partial charge on any atom is 0.269 e. The number of hydrogen-bond donors (Lipinski definition) is 1. The summed E-state index contributed by atoms with van der Waals surface area (Å²) in [6.07, 6.45) is 2.33. The molecule has 3 aromatic rings. The van der Waals surface area contributed by atoms with Crippen LogP contribution in [0.15, 0.2) is 45.8 Å². The van der Waals surface area contributed by atoms with Crippen LogP contribution in [0.2, 0.25) is 0 Å². The van der Waals surface area contributed by atoms with Gasteiger partial charge in [0.1, 0.15) is 10.3 Å². The Balaban J connectivity index is 1.94. The van der Waals surface area contributed by atoms with Crippen LogP contribution in [0.1, 0.15) is 5.56 Å². The van der Waals surface area contributed by atoms with E-state index in [-0.39, 0.29) is 5.69 Å². The minimum Gasteiger partial charge on any atom is -0.330 e. The van der Waals surface area contributed by atoms with Gasteiger partial charge in [-0.2, -0.15) is 0 Å². The third-order valence-electron chi connectivity index (χ3n) is 3.01. The lowest BCUT2D eigenvalue weighted by atomic mass is 10.1. The van der Waals surface area contributed by atoms with E-state index in [4.69, 9.17) is 5.73 Å². The highest BCUT2D eigenvalue weighted by Gasteiger charge is 2.13. The number of nitrogens with zero attached hydrogens (tertiary/aromatic N) is 3. The standard InChI is InChI=1S/C14H12N4O2S2/c15-6-5-9-8-10(18(19)20)3-4-12(9)21-14-17-11-2-1-7-16-13(11)22-14/h1-4,7-8H,5-6,15H2. The number of nitrogens with two attached hydrogens (primary N) is 1. The molecule has 0 saturated carbocycles. The SMILES string of the molecule is NCCc1cc([N+](=O)[O-])ccc1Sc1nc2cccnc2s1. The number of aromatic nitrogens is 2. The van der Waals surface area contributed by atoms with Gasteiger partial charge >= 0.3 is 0 Å². The smallest absolute Gasteiger partial charge is 0.269 e. The van der Waals surface area contributed by atoms with Crippen molar-refractivity contribution in [1.82, 2.24) is 9.97 Å². The Morgan fingerprint density at radius 3 is 2.95 bits per heavy atom. The first-order valence-electron chi connectivity index (χ1n) is 6.54. The topological polar surface area (TPSA) is 94.9 Å². The van der Waals surface area contributed by atoms with Gasteiger partial charge in [0.15, 0.2) is 4.34 Å². The molecule has 1 aromatic carbocycles. The van der Waals surface area contributed by atoms with Gasteiger partial charge in [-0.25, -0.2) is 9.97 Å². The van der Waals surface area contributed by atoms with E-state index in [9.17, 15) is 10.1 Å². The fourth-order valence-corrected chi connectivity index (χ4v) is 4.09. The molecular formula is C14H12N4O2S2. The van der Waals surface area contributed by atoms with E-state index >= 15 is 0 Å². The maximum atomic E-state index is 10.9. The highest BCUT2D eigenvalue weighted by molar-refractivity contribution is 8.01. The van der Waals surface area contributed by atoms with Crippen molar-refractivity contribution < 1.29 is 4.92 Å². The molecule has 8 heteroatoms. The normalized spacial score (nSPS) is 11.0. The fraction of sp³-hybridized carbons (Fsp3) is 0.143. The second-order valence-electron chi connectivity index (χ2n) is 4.50. The monoisotopic (exact) mass is 332 g/mol. The summed E-state index contributed by atoms with van der Waals surface area (Å²) in [6, 6.07) is 8.61. The van der Waals surface area contributed by atoms with E-state index in [1.807, 2.05) is 12.1 Å². The fourth-order valence-electron chi connectivity index (χ4n) is 2.02. The van der Waals surface area contributed by atoms with Crippen LogP contribution in [0.25, 0.3) is 10.3 Å². The molecule has 0 radical (unpaired) electrons. The molecule has 0 aliphatic heterocycles. The number of fused-ring (bicyclic) bond motifs is 1. The van der Waals surface area contributed by atoms with Crippen LogP contribution in [0, 0.1) is 10.1 Å². The minimum atomic E-state index is -0.393. The van der Waals surface area contributed by atoms with Gasteiger partial charge < -0.3 is 5.73 Å².